The molecule has 2 heterocycles. The number of carbonyl (C=O) groups is 1. The molecule has 25 heavy (non-hydrogen) atoms. The van der Waals surface area contributed by atoms with Gasteiger partial charge in [0.05, 0.1) is 6.54 Å². The minimum atomic E-state index is -1.44. The number of hydrogen-bond acceptors (Lipinski definition) is 5. The lowest BCUT2D eigenvalue weighted by molar-refractivity contribution is -0.160. The molecule has 0 aliphatic carbocycles. The Kier molecular flexibility index (Phi) is 5.46. The van der Waals surface area contributed by atoms with Gasteiger partial charge in [0, 0.05) is 36.8 Å². The monoisotopic (exact) mass is 363 g/mol. The third-order valence-electron chi connectivity index (χ3n) is 4.44. The average Bonchev–Trinajstić information content (AvgIpc) is 3.06. The van der Waals surface area contributed by atoms with Crippen molar-refractivity contribution in [2.24, 2.45) is 0 Å². The first-order valence-corrected chi connectivity index (χ1v) is 9.18. The van der Waals surface area contributed by atoms with Crippen molar-refractivity contribution in [3.63, 3.8) is 0 Å². The molecular weight excluding hydrogens is 341 g/mol. The molecule has 1 aliphatic rings. The normalized spacial score (nSPS) is 21.1. The molecule has 1 unspecified atom stereocenters. The third kappa shape index (κ3) is 4.23. The Balaban J connectivity index is 1.66. The van der Waals surface area contributed by atoms with Crippen LogP contribution in [0.2, 0.25) is 0 Å². The Hall–Kier alpha value is -1.83. The van der Waals surface area contributed by atoms with E-state index in [0.29, 0.717) is 31.5 Å². The van der Waals surface area contributed by atoms with Crippen LogP contribution in [0.25, 0.3) is 0 Å². The summed E-state index contributed by atoms with van der Waals surface area (Å²) < 4.78 is 13.9. The molecule has 1 aromatic heterocycles. The van der Waals surface area contributed by atoms with E-state index in [1.807, 2.05) is 17.3 Å². The molecule has 1 amide bonds. The van der Waals surface area contributed by atoms with E-state index in [0.717, 1.165) is 5.01 Å². The number of likely N-dealkylation sites (N-methyl/N-ethyl adjacent to an activating group) is 1. The molecule has 2 aromatic rings. The molecule has 134 valence electrons. The Morgan fingerprint density at radius 2 is 2.24 bits per heavy atom. The zero-order valence-corrected chi connectivity index (χ0v) is 15.0. The third-order valence-corrected chi connectivity index (χ3v) is 5.21. The molecule has 0 spiro atoms. The van der Waals surface area contributed by atoms with Crippen molar-refractivity contribution in [1.82, 2.24) is 14.8 Å². The highest BCUT2D eigenvalue weighted by Gasteiger charge is 2.43. The molecule has 1 aromatic carbocycles. The van der Waals surface area contributed by atoms with E-state index in [1.54, 1.807) is 40.6 Å². The second-order valence-corrected chi connectivity index (χ2v) is 7.53. The van der Waals surface area contributed by atoms with E-state index in [9.17, 15) is 14.3 Å². The molecule has 1 N–H and O–H groups in total. The van der Waals surface area contributed by atoms with Gasteiger partial charge in [0.15, 0.2) is 5.60 Å². The maximum Gasteiger partial charge on any atom is 0.256 e. The number of carbonyl (C=O) groups excluding carboxylic acids is 1. The second kappa shape index (κ2) is 7.59. The van der Waals surface area contributed by atoms with Crippen LogP contribution in [-0.2, 0) is 17.9 Å². The van der Waals surface area contributed by atoms with Crippen LogP contribution in [0.15, 0.2) is 35.8 Å². The first-order chi connectivity index (χ1) is 12.0. The summed E-state index contributed by atoms with van der Waals surface area (Å²) in [5, 5.41) is 13.8. The van der Waals surface area contributed by atoms with Crippen molar-refractivity contribution in [1.29, 1.82) is 0 Å². The van der Waals surface area contributed by atoms with Gasteiger partial charge >= 0.3 is 0 Å². The van der Waals surface area contributed by atoms with E-state index in [4.69, 9.17) is 0 Å². The van der Waals surface area contributed by atoms with Crippen molar-refractivity contribution < 1.29 is 14.3 Å². The van der Waals surface area contributed by atoms with Crippen molar-refractivity contribution in [3.05, 3.63) is 52.2 Å². The molecule has 7 heteroatoms. The molecule has 3 rings (SSSR count). The predicted molar refractivity (Wildman–Crippen MR) is 94.4 cm³/mol. The molecule has 0 bridgehead atoms. The number of rotatable bonds is 6. The molecule has 5 nitrogen and oxygen atoms in total. The van der Waals surface area contributed by atoms with E-state index in [-0.39, 0.29) is 24.8 Å². The fourth-order valence-electron chi connectivity index (χ4n) is 3.26. The molecule has 1 saturated heterocycles. The Bertz CT molecular complexity index is 725. The number of benzene rings is 1. The summed E-state index contributed by atoms with van der Waals surface area (Å²) in [5.41, 5.74) is -0.966. The number of nitrogens with zero attached hydrogens (tertiary/aromatic N) is 3. The maximum absolute atomic E-state index is 13.9. The predicted octanol–water partition coefficient (Wildman–Crippen LogP) is 2.27. The lowest BCUT2D eigenvalue weighted by atomic mass is 9.91. The van der Waals surface area contributed by atoms with Gasteiger partial charge in [-0.15, -0.1) is 11.3 Å². The molecule has 0 radical (unpaired) electrons. The van der Waals surface area contributed by atoms with Gasteiger partial charge in [-0.1, -0.05) is 18.2 Å². The summed E-state index contributed by atoms with van der Waals surface area (Å²) in [6, 6.07) is 6.43. The average molecular weight is 363 g/mol. The number of thiazole rings is 1. The summed E-state index contributed by atoms with van der Waals surface area (Å²) in [4.78, 5) is 20.5. The summed E-state index contributed by atoms with van der Waals surface area (Å²) >= 11 is 1.55. The van der Waals surface area contributed by atoms with Gasteiger partial charge in [-0.05, 0) is 26.0 Å². The Morgan fingerprint density at radius 3 is 2.96 bits per heavy atom. The van der Waals surface area contributed by atoms with Crippen LogP contribution in [0.1, 0.15) is 23.4 Å². The van der Waals surface area contributed by atoms with Gasteiger partial charge in [0.2, 0.25) is 0 Å². The fraction of sp³-hybridized carbons (Fsp3) is 0.444. The minimum Gasteiger partial charge on any atom is -0.379 e. The number of aliphatic hydroxyl groups is 1. The highest BCUT2D eigenvalue weighted by Crippen LogP contribution is 2.26. The van der Waals surface area contributed by atoms with Crippen LogP contribution in [0.3, 0.4) is 0 Å². The van der Waals surface area contributed by atoms with Crippen LogP contribution in [0.4, 0.5) is 4.39 Å². The molecule has 1 atom stereocenters. The van der Waals surface area contributed by atoms with Crippen LogP contribution in [0.5, 0.6) is 0 Å². The number of halogens is 1. The van der Waals surface area contributed by atoms with Crippen LogP contribution >= 0.6 is 11.3 Å². The van der Waals surface area contributed by atoms with Gasteiger partial charge in [-0.2, -0.15) is 0 Å². The van der Waals surface area contributed by atoms with Crippen LogP contribution in [0, 0.1) is 5.82 Å². The molecular formula is C18H22FN3O2S. The van der Waals surface area contributed by atoms with E-state index >= 15 is 0 Å². The lowest BCUT2D eigenvalue weighted by Crippen LogP contribution is -2.57. The van der Waals surface area contributed by atoms with E-state index < -0.39 is 5.60 Å². The van der Waals surface area contributed by atoms with Gasteiger partial charge in [-0.3, -0.25) is 9.69 Å². The molecule has 1 aliphatic heterocycles. The Labute approximate surface area is 150 Å². The summed E-state index contributed by atoms with van der Waals surface area (Å²) in [7, 11) is 1.86. The van der Waals surface area contributed by atoms with Crippen molar-refractivity contribution in [2.75, 3.05) is 20.1 Å². The Morgan fingerprint density at radius 1 is 1.44 bits per heavy atom. The van der Waals surface area contributed by atoms with Gasteiger partial charge in [0.25, 0.3) is 5.91 Å². The summed E-state index contributed by atoms with van der Waals surface area (Å²) in [6.45, 7) is 1.54. The zero-order valence-electron chi connectivity index (χ0n) is 14.2. The number of aromatic nitrogens is 1. The smallest absolute Gasteiger partial charge is 0.256 e. The van der Waals surface area contributed by atoms with Gasteiger partial charge < -0.3 is 10.0 Å². The summed E-state index contributed by atoms with van der Waals surface area (Å²) in [6.07, 6.45) is 2.86. The van der Waals surface area contributed by atoms with Crippen molar-refractivity contribution in [2.45, 2.75) is 31.5 Å². The number of likely N-dealkylation sites (tertiary alicyclic amines) is 1. The molecule has 1 fully saturated rings. The van der Waals surface area contributed by atoms with Crippen molar-refractivity contribution in [3.8, 4) is 0 Å². The van der Waals surface area contributed by atoms with Crippen LogP contribution < -0.4 is 0 Å². The maximum atomic E-state index is 13.9. The zero-order chi connectivity index (χ0) is 17.9. The summed E-state index contributed by atoms with van der Waals surface area (Å²) in [5.74, 6) is -0.654. The minimum absolute atomic E-state index is 0.185. The van der Waals surface area contributed by atoms with Gasteiger partial charge in [0.1, 0.15) is 10.8 Å². The van der Waals surface area contributed by atoms with Gasteiger partial charge in [-0.25, -0.2) is 9.37 Å². The number of amides is 1. The first-order valence-electron chi connectivity index (χ1n) is 8.30. The quantitative estimate of drug-likeness (QED) is 0.855. The highest BCUT2D eigenvalue weighted by atomic mass is 32.1. The first kappa shape index (κ1) is 18.0. The topological polar surface area (TPSA) is 56.7 Å². The van der Waals surface area contributed by atoms with Crippen LogP contribution in [-0.4, -0.2) is 51.5 Å². The number of piperidine rings is 1. The lowest BCUT2D eigenvalue weighted by Gasteiger charge is -2.40. The molecule has 0 saturated carbocycles. The SMILES string of the molecule is CN(Cc1nccs1)CC1(O)CCCN(Cc2ccccc2F)C1=O. The fourth-order valence-corrected chi connectivity index (χ4v) is 3.95. The standard InChI is InChI=1S/C18H22FN3O2S/c1-21(12-16-20-8-10-25-16)13-18(24)7-4-9-22(17(18)23)11-14-5-2-3-6-15(14)19/h2-3,5-6,8,10,24H,4,7,9,11-13H2,1H3. The largest absolute Gasteiger partial charge is 0.379 e. The van der Waals surface area contributed by atoms with E-state index in [1.165, 1.54) is 6.07 Å². The highest BCUT2D eigenvalue weighted by molar-refractivity contribution is 7.09. The second-order valence-electron chi connectivity index (χ2n) is 6.55. The number of hydrogen-bond donors (Lipinski definition) is 1. The van der Waals surface area contributed by atoms with E-state index in [2.05, 4.69) is 4.98 Å². The van der Waals surface area contributed by atoms with Crippen molar-refractivity contribution >= 4 is 17.2 Å².